The summed E-state index contributed by atoms with van der Waals surface area (Å²) in [7, 11) is 1.65. The number of aromatic amines is 1. The maximum Gasteiger partial charge on any atom is 0.191 e. The van der Waals surface area contributed by atoms with Crippen LogP contribution in [0.4, 0.5) is 0 Å². The zero-order chi connectivity index (χ0) is 20.6. The average molecular weight is 520 g/mol. The Bertz CT molecular complexity index is 968. The number of nitrogens with zero attached hydrogens (tertiary/aromatic N) is 3. The van der Waals surface area contributed by atoms with Crippen LogP contribution in [0.5, 0.6) is 5.75 Å². The molecular formula is C22H29IN6O. The third kappa shape index (κ3) is 6.45. The van der Waals surface area contributed by atoms with Gasteiger partial charge in [0.15, 0.2) is 11.8 Å². The van der Waals surface area contributed by atoms with E-state index in [9.17, 15) is 0 Å². The Morgan fingerprint density at radius 2 is 1.87 bits per heavy atom. The number of hydrogen-bond acceptors (Lipinski definition) is 4. The van der Waals surface area contributed by atoms with E-state index in [1.54, 1.807) is 7.11 Å². The monoisotopic (exact) mass is 520 g/mol. The number of aromatic nitrogens is 3. The van der Waals surface area contributed by atoms with Crippen LogP contribution in [0.3, 0.4) is 0 Å². The van der Waals surface area contributed by atoms with Gasteiger partial charge >= 0.3 is 0 Å². The second kappa shape index (κ2) is 11.5. The summed E-state index contributed by atoms with van der Waals surface area (Å²) >= 11 is 0. The molecule has 1 heterocycles. The molecule has 1 aromatic heterocycles. The maximum absolute atomic E-state index is 5.19. The standard InChI is InChI=1S/C22H28N6O.HI/c1-5-23-22(24-13-18-7-6-15(2)12-16(18)3)25-14-20-26-21(28-27-20)17-8-10-19(29-4)11-9-17;/h6-12H,5,13-14H2,1-4H3,(H2,23,24,25)(H,26,27,28);1H. The van der Waals surface area contributed by atoms with Crippen molar-refractivity contribution in [3.05, 3.63) is 65.0 Å². The molecule has 3 rings (SSSR count). The fourth-order valence-electron chi connectivity index (χ4n) is 2.94. The molecule has 0 unspecified atom stereocenters. The lowest BCUT2D eigenvalue weighted by Gasteiger charge is -2.11. The summed E-state index contributed by atoms with van der Waals surface area (Å²) in [6.07, 6.45) is 0. The molecule has 0 aliphatic heterocycles. The molecule has 8 heteroatoms. The number of rotatable bonds is 7. The molecule has 3 N–H and O–H groups in total. The molecule has 3 aromatic rings. The predicted octanol–water partition coefficient (Wildman–Crippen LogP) is 3.97. The molecule has 7 nitrogen and oxygen atoms in total. The topological polar surface area (TPSA) is 87.2 Å². The summed E-state index contributed by atoms with van der Waals surface area (Å²) in [6.45, 7) is 8.17. The summed E-state index contributed by atoms with van der Waals surface area (Å²) in [5.41, 5.74) is 4.67. The second-order valence-corrected chi connectivity index (χ2v) is 6.81. The number of methoxy groups -OCH3 is 1. The Kier molecular flexibility index (Phi) is 9.10. The lowest BCUT2D eigenvalue weighted by Crippen LogP contribution is -2.37. The van der Waals surface area contributed by atoms with Gasteiger partial charge in [-0.3, -0.25) is 5.10 Å². The van der Waals surface area contributed by atoms with Gasteiger partial charge in [-0.2, -0.15) is 5.10 Å². The van der Waals surface area contributed by atoms with Crippen molar-refractivity contribution in [3.8, 4) is 17.1 Å². The normalized spacial score (nSPS) is 11.0. The largest absolute Gasteiger partial charge is 0.497 e. The number of guanidine groups is 1. The Hall–Kier alpha value is -2.62. The molecule has 0 aliphatic carbocycles. The molecule has 0 spiro atoms. The van der Waals surface area contributed by atoms with Crippen molar-refractivity contribution in [1.29, 1.82) is 0 Å². The number of benzene rings is 2. The quantitative estimate of drug-likeness (QED) is 0.249. The van der Waals surface area contributed by atoms with Crippen molar-refractivity contribution in [2.24, 2.45) is 4.99 Å². The summed E-state index contributed by atoms with van der Waals surface area (Å²) in [5.74, 6) is 2.95. The van der Waals surface area contributed by atoms with Gasteiger partial charge in [-0.25, -0.2) is 9.98 Å². The molecule has 2 aromatic carbocycles. The number of aliphatic imine (C=N–C) groups is 1. The van der Waals surface area contributed by atoms with E-state index in [4.69, 9.17) is 9.73 Å². The highest BCUT2D eigenvalue weighted by Crippen LogP contribution is 2.18. The van der Waals surface area contributed by atoms with Crippen LogP contribution in [0.2, 0.25) is 0 Å². The van der Waals surface area contributed by atoms with Gasteiger partial charge in [0.25, 0.3) is 0 Å². The average Bonchev–Trinajstić information content (AvgIpc) is 3.20. The third-order valence-electron chi connectivity index (χ3n) is 4.55. The van der Waals surface area contributed by atoms with Crippen LogP contribution >= 0.6 is 24.0 Å². The van der Waals surface area contributed by atoms with Gasteiger partial charge in [0, 0.05) is 12.1 Å². The van der Waals surface area contributed by atoms with Crippen molar-refractivity contribution >= 4 is 29.9 Å². The molecule has 0 fully saturated rings. The molecule has 30 heavy (non-hydrogen) atoms. The van der Waals surface area contributed by atoms with Crippen LogP contribution in [-0.4, -0.2) is 34.8 Å². The van der Waals surface area contributed by atoms with Crippen LogP contribution in [-0.2, 0) is 13.1 Å². The molecule has 0 radical (unpaired) electrons. The number of ether oxygens (including phenoxy) is 1. The van der Waals surface area contributed by atoms with Gasteiger partial charge in [-0.05, 0) is 56.2 Å². The minimum Gasteiger partial charge on any atom is -0.497 e. The predicted molar refractivity (Wildman–Crippen MR) is 131 cm³/mol. The first-order valence-corrected chi connectivity index (χ1v) is 9.73. The van der Waals surface area contributed by atoms with Gasteiger partial charge in [-0.1, -0.05) is 23.8 Å². The van der Waals surface area contributed by atoms with Crippen LogP contribution in [0.15, 0.2) is 47.5 Å². The van der Waals surface area contributed by atoms with E-state index in [0.717, 1.165) is 29.6 Å². The Morgan fingerprint density at radius 1 is 1.10 bits per heavy atom. The van der Waals surface area contributed by atoms with E-state index in [2.05, 4.69) is 57.9 Å². The van der Waals surface area contributed by atoms with Crippen LogP contribution < -0.4 is 15.4 Å². The maximum atomic E-state index is 5.19. The van der Waals surface area contributed by atoms with E-state index in [-0.39, 0.29) is 24.0 Å². The van der Waals surface area contributed by atoms with Crippen LogP contribution in [0, 0.1) is 13.8 Å². The number of aryl methyl sites for hydroxylation is 2. The van der Waals surface area contributed by atoms with Crippen molar-refractivity contribution in [2.45, 2.75) is 33.9 Å². The van der Waals surface area contributed by atoms with E-state index in [1.807, 2.05) is 31.2 Å². The minimum absolute atomic E-state index is 0. The van der Waals surface area contributed by atoms with E-state index >= 15 is 0 Å². The molecule has 0 atom stereocenters. The third-order valence-corrected chi connectivity index (χ3v) is 4.55. The molecule has 0 saturated heterocycles. The van der Waals surface area contributed by atoms with Gasteiger partial charge in [0.2, 0.25) is 0 Å². The lowest BCUT2D eigenvalue weighted by atomic mass is 10.1. The van der Waals surface area contributed by atoms with Crippen molar-refractivity contribution in [3.63, 3.8) is 0 Å². The minimum atomic E-state index is 0. The summed E-state index contributed by atoms with van der Waals surface area (Å²) in [5, 5.41) is 13.9. The fraction of sp³-hybridized carbons (Fsp3) is 0.318. The Balaban J connectivity index is 0.00000320. The van der Waals surface area contributed by atoms with Crippen molar-refractivity contribution in [2.75, 3.05) is 13.7 Å². The highest BCUT2D eigenvalue weighted by Gasteiger charge is 2.07. The second-order valence-electron chi connectivity index (χ2n) is 6.81. The number of H-pyrrole nitrogens is 1. The highest BCUT2D eigenvalue weighted by atomic mass is 127. The van der Waals surface area contributed by atoms with Gasteiger partial charge < -0.3 is 15.4 Å². The molecule has 0 aliphatic rings. The summed E-state index contributed by atoms with van der Waals surface area (Å²) < 4.78 is 5.19. The van der Waals surface area contributed by atoms with Crippen molar-refractivity contribution in [1.82, 2.24) is 25.8 Å². The lowest BCUT2D eigenvalue weighted by molar-refractivity contribution is 0.415. The molecule has 0 saturated carbocycles. The Morgan fingerprint density at radius 3 is 2.53 bits per heavy atom. The Labute approximate surface area is 194 Å². The first-order valence-electron chi connectivity index (χ1n) is 9.73. The molecular weight excluding hydrogens is 491 g/mol. The molecule has 0 amide bonds. The van der Waals surface area contributed by atoms with E-state index in [1.165, 1.54) is 16.7 Å². The summed E-state index contributed by atoms with van der Waals surface area (Å²) in [4.78, 5) is 9.25. The highest BCUT2D eigenvalue weighted by molar-refractivity contribution is 14.0. The van der Waals surface area contributed by atoms with Crippen LogP contribution in [0.25, 0.3) is 11.4 Å². The van der Waals surface area contributed by atoms with Crippen molar-refractivity contribution < 1.29 is 4.74 Å². The number of halogens is 1. The zero-order valence-electron chi connectivity index (χ0n) is 17.8. The number of hydrogen-bond donors (Lipinski definition) is 3. The fourth-order valence-corrected chi connectivity index (χ4v) is 2.94. The van der Waals surface area contributed by atoms with E-state index in [0.29, 0.717) is 18.9 Å². The first-order chi connectivity index (χ1) is 14.1. The zero-order valence-corrected chi connectivity index (χ0v) is 20.2. The first kappa shape index (κ1) is 23.7. The van der Waals surface area contributed by atoms with Gasteiger partial charge in [0.05, 0.1) is 20.2 Å². The van der Waals surface area contributed by atoms with Crippen LogP contribution in [0.1, 0.15) is 29.4 Å². The SMILES string of the molecule is CCNC(=NCc1ccc(C)cc1C)NCc1nc(-c2ccc(OC)cc2)n[nH]1.I. The molecule has 0 bridgehead atoms. The van der Waals surface area contributed by atoms with Gasteiger partial charge in [0.1, 0.15) is 11.6 Å². The summed E-state index contributed by atoms with van der Waals surface area (Å²) in [6, 6.07) is 14.1. The van der Waals surface area contributed by atoms with E-state index < -0.39 is 0 Å². The molecule has 160 valence electrons. The van der Waals surface area contributed by atoms with Gasteiger partial charge in [-0.15, -0.1) is 24.0 Å². The smallest absolute Gasteiger partial charge is 0.191 e. The number of nitrogens with one attached hydrogen (secondary N) is 3.